The molecule has 0 saturated carbocycles. The molecule has 2 rings (SSSR count). The quantitative estimate of drug-likeness (QED) is 0.538. The van der Waals surface area contributed by atoms with E-state index < -0.39 is 0 Å². The largest absolute Gasteiger partial charge is 0.281 e. The van der Waals surface area contributed by atoms with Crippen LogP contribution in [0.25, 0.3) is 0 Å². The molecule has 1 nitrogen and oxygen atoms in total. The second-order valence-electron chi connectivity index (χ2n) is 5.22. The van der Waals surface area contributed by atoms with Crippen LogP contribution in [0, 0.1) is 0 Å². The average Bonchev–Trinajstić information content (AvgIpc) is 2.46. The highest BCUT2D eigenvalue weighted by atomic mass is 14.8. The van der Waals surface area contributed by atoms with Gasteiger partial charge in [0.05, 0.1) is 11.8 Å². The van der Waals surface area contributed by atoms with Crippen LogP contribution in [0.15, 0.2) is 77.8 Å². The Morgan fingerprint density at radius 1 is 0.950 bits per heavy atom. The molecular weight excluding hydrogens is 242 g/mol. The molecule has 0 amide bonds. The van der Waals surface area contributed by atoms with E-state index in [1.807, 2.05) is 12.1 Å². The normalized spacial score (nSPS) is 11.7. The molecule has 0 aliphatic carbocycles. The summed E-state index contributed by atoms with van der Waals surface area (Å²) in [5, 5.41) is 0. The van der Waals surface area contributed by atoms with Crippen molar-refractivity contribution < 1.29 is 0 Å². The summed E-state index contributed by atoms with van der Waals surface area (Å²) >= 11 is 0. The molecule has 2 aromatic carbocycles. The van der Waals surface area contributed by atoms with Crippen LogP contribution in [0.3, 0.4) is 0 Å². The molecule has 0 aliphatic heterocycles. The predicted molar refractivity (Wildman–Crippen MR) is 87.4 cm³/mol. The fraction of sp³-hybridized carbons (Fsp3) is 0.211. The highest BCUT2D eigenvalue weighted by molar-refractivity contribution is 6.12. The van der Waals surface area contributed by atoms with E-state index in [2.05, 4.69) is 69.0 Å². The summed E-state index contributed by atoms with van der Waals surface area (Å²) in [4.78, 5) is 4.91. The first kappa shape index (κ1) is 14.3. The highest BCUT2D eigenvalue weighted by Crippen LogP contribution is 2.14. The van der Waals surface area contributed by atoms with Crippen molar-refractivity contribution in [2.45, 2.75) is 26.3 Å². The van der Waals surface area contributed by atoms with Gasteiger partial charge in [-0.1, -0.05) is 66.2 Å². The maximum Gasteiger partial charge on any atom is 0.0722 e. The number of hydrogen-bond donors (Lipinski definition) is 0. The Morgan fingerprint density at radius 3 is 1.80 bits per heavy atom. The lowest BCUT2D eigenvalue weighted by Gasteiger charge is -2.12. The van der Waals surface area contributed by atoms with E-state index in [9.17, 15) is 0 Å². The first-order valence-electron chi connectivity index (χ1n) is 7.00. The van der Waals surface area contributed by atoms with Gasteiger partial charge in [0.25, 0.3) is 0 Å². The Hall–Kier alpha value is -2.15. The topological polar surface area (TPSA) is 12.4 Å². The summed E-state index contributed by atoms with van der Waals surface area (Å²) in [5.41, 5.74) is 4.54. The smallest absolute Gasteiger partial charge is 0.0722 e. The first-order chi connectivity index (χ1) is 9.66. The van der Waals surface area contributed by atoms with Crippen molar-refractivity contribution in [2.24, 2.45) is 4.99 Å². The number of rotatable bonds is 5. The molecule has 0 N–H and O–H groups in total. The van der Waals surface area contributed by atoms with E-state index in [1.54, 1.807) is 0 Å². The Bertz CT molecular complexity index is 540. The molecule has 1 unspecified atom stereocenters. The molecule has 0 saturated heterocycles. The molecule has 2 aromatic rings. The zero-order valence-electron chi connectivity index (χ0n) is 12.2. The molecule has 0 heterocycles. The van der Waals surface area contributed by atoms with Gasteiger partial charge >= 0.3 is 0 Å². The molecule has 0 aliphatic rings. The zero-order chi connectivity index (χ0) is 14.4. The van der Waals surface area contributed by atoms with Gasteiger partial charge in [-0.25, -0.2) is 0 Å². The summed E-state index contributed by atoms with van der Waals surface area (Å²) in [6.45, 7) is 8.17. The summed E-state index contributed by atoms with van der Waals surface area (Å²) < 4.78 is 0. The van der Waals surface area contributed by atoms with E-state index >= 15 is 0 Å². The third kappa shape index (κ3) is 3.92. The molecular formula is C19H21N. The van der Waals surface area contributed by atoms with Crippen LogP contribution in [0.5, 0.6) is 0 Å². The molecule has 0 aromatic heterocycles. The molecule has 102 valence electrons. The fourth-order valence-corrected chi connectivity index (χ4v) is 2.28. The van der Waals surface area contributed by atoms with Crippen molar-refractivity contribution in [3.8, 4) is 0 Å². The number of benzene rings is 2. The van der Waals surface area contributed by atoms with Crippen molar-refractivity contribution >= 4 is 5.71 Å². The van der Waals surface area contributed by atoms with E-state index in [0.29, 0.717) is 0 Å². The van der Waals surface area contributed by atoms with E-state index in [1.165, 1.54) is 5.57 Å². The van der Waals surface area contributed by atoms with Crippen molar-refractivity contribution in [1.82, 2.24) is 0 Å². The Morgan fingerprint density at radius 2 is 1.40 bits per heavy atom. The second kappa shape index (κ2) is 6.85. The minimum atomic E-state index is 0.239. The molecule has 0 radical (unpaired) electrons. The minimum absolute atomic E-state index is 0.239. The standard InChI is InChI=1S/C19H21N/c1-15(2)14-16(3)20-19(17-10-6-4-7-11-17)18-12-8-5-9-13-18/h4-13,16H,1,14H2,2-3H3. The van der Waals surface area contributed by atoms with Gasteiger partial charge < -0.3 is 0 Å². The van der Waals surface area contributed by atoms with Gasteiger partial charge in [-0.05, 0) is 20.3 Å². The number of hydrogen-bond acceptors (Lipinski definition) is 1. The zero-order valence-corrected chi connectivity index (χ0v) is 12.2. The van der Waals surface area contributed by atoms with Gasteiger partial charge in [-0.2, -0.15) is 0 Å². The minimum Gasteiger partial charge on any atom is -0.281 e. The van der Waals surface area contributed by atoms with Crippen LogP contribution in [-0.4, -0.2) is 11.8 Å². The summed E-state index contributed by atoms with van der Waals surface area (Å²) in [7, 11) is 0. The molecule has 0 bridgehead atoms. The SMILES string of the molecule is C=C(C)CC(C)N=C(c1ccccc1)c1ccccc1. The maximum absolute atomic E-state index is 4.91. The number of aliphatic imine (C=N–C) groups is 1. The molecule has 20 heavy (non-hydrogen) atoms. The van der Waals surface area contributed by atoms with E-state index in [4.69, 9.17) is 4.99 Å². The Kier molecular flexibility index (Phi) is 4.89. The Labute approximate surface area is 121 Å². The fourth-order valence-electron chi connectivity index (χ4n) is 2.28. The van der Waals surface area contributed by atoms with Gasteiger partial charge in [0, 0.05) is 11.1 Å². The highest BCUT2D eigenvalue weighted by Gasteiger charge is 2.08. The van der Waals surface area contributed by atoms with Crippen LogP contribution in [-0.2, 0) is 0 Å². The summed E-state index contributed by atoms with van der Waals surface area (Å²) in [5.74, 6) is 0. The van der Waals surface area contributed by atoms with Gasteiger partial charge in [0.2, 0.25) is 0 Å². The van der Waals surface area contributed by atoms with E-state index in [0.717, 1.165) is 23.3 Å². The van der Waals surface area contributed by atoms with Crippen LogP contribution >= 0.6 is 0 Å². The third-order valence-corrected chi connectivity index (χ3v) is 3.09. The van der Waals surface area contributed by atoms with Crippen LogP contribution in [0.4, 0.5) is 0 Å². The van der Waals surface area contributed by atoms with Crippen LogP contribution in [0.1, 0.15) is 31.4 Å². The van der Waals surface area contributed by atoms with Gasteiger partial charge in [0.15, 0.2) is 0 Å². The lowest BCUT2D eigenvalue weighted by molar-refractivity contribution is 0.736. The third-order valence-electron chi connectivity index (χ3n) is 3.09. The lowest BCUT2D eigenvalue weighted by atomic mass is 10.0. The molecule has 1 atom stereocenters. The van der Waals surface area contributed by atoms with Crippen molar-refractivity contribution in [3.63, 3.8) is 0 Å². The number of nitrogens with zero attached hydrogens (tertiary/aromatic N) is 1. The Balaban J connectivity index is 2.40. The molecule has 0 spiro atoms. The van der Waals surface area contributed by atoms with E-state index in [-0.39, 0.29) is 6.04 Å². The van der Waals surface area contributed by atoms with Gasteiger partial charge in [-0.15, -0.1) is 6.58 Å². The first-order valence-corrected chi connectivity index (χ1v) is 7.00. The van der Waals surface area contributed by atoms with Gasteiger partial charge in [-0.3, -0.25) is 4.99 Å². The monoisotopic (exact) mass is 263 g/mol. The lowest BCUT2D eigenvalue weighted by Crippen LogP contribution is -2.09. The molecule has 1 heteroatoms. The van der Waals surface area contributed by atoms with Crippen molar-refractivity contribution in [1.29, 1.82) is 0 Å². The summed E-state index contributed by atoms with van der Waals surface area (Å²) in [6.07, 6.45) is 0.920. The van der Waals surface area contributed by atoms with Crippen molar-refractivity contribution in [2.75, 3.05) is 0 Å². The van der Waals surface area contributed by atoms with Crippen LogP contribution < -0.4 is 0 Å². The maximum atomic E-state index is 4.91. The second-order valence-corrected chi connectivity index (χ2v) is 5.22. The van der Waals surface area contributed by atoms with Crippen molar-refractivity contribution in [3.05, 3.63) is 83.9 Å². The molecule has 0 fully saturated rings. The summed E-state index contributed by atoms with van der Waals surface area (Å²) in [6, 6.07) is 21.0. The average molecular weight is 263 g/mol. The predicted octanol–water partition coefficient (Wildman–Crippen LogP) is 4.88. The van der Waals surface area contributed by atoms with Gasteiger partial charge in [0.1, 0.15) is 0 Å². The van der Waals surface area contributed by atoms with Crippen LogP contribution in [0.2, 0.25) is 0 Å².